The van der Waals surface area contributed by atoms with Crippen LogP contribution in [0.4, 0.5) is 0 Å². The highest BCUT2D eigenvalue weighted by Crippen LogP contribution is 2.24. The van der Waals surface area contributed by atoms with E-state index >= 15 is 0 Å². The third kappa shape index (κ3) is 3.78. The van der Waals surface area contributed by atoms with Gasteiger partial charge < -0.3 is 0 Å². The van der Waals surface area contributed by atoms with Gasteiger partial charge in [-0.1, -0.05) is 32.3 Å². The molecule has 0 radical (unpaired) electrons. The summed E-state index contributed by atoms with van der Waals surface area (Å²) in [6, 6.07) is 2.29. The zero-order valence-corrected chi connectivity index (χ0v) is 14.1. The van der Waals surface area contributed by atoms with E-state index in [0.29, 0.717) is 0 Å². The van der Waals surface area contributed by atoms with E-state index in [1.807, 2.05) is 37.3 Å². The van der Waals surface area contributed by atoms with Crippen molar-refractivity contribution in [1.29, 1.82) is 0 Å². The molecule has 0 spiro atoms. The third-order valence-electron chi connectivity index (χ3n) is 2.69. The maximum absolute atomic E-state index is 4.55. The molecular formula is C15H23NSSi. The van der Waals surface area contributed by atoms with Crippen molar-refractivity contribution < 1.29 is 0 Å². The second-order valence-electron chi connectivity index (χ2n) is 5.53. The number of aryl methyl sites for hydroxylation is 1. The summed E-state index contributed by atoms with van der Waals surface area (Å²) in [4.78, 5) is 5.88. The Balaban J connectivity index is 3.08. The molecule has 0 aliphatic heterocycles. The highest BCUT2D eigenvalue weighted by molar-refractivity contribution is 7.26. The zero-order valence-electron chi connectivity index (χ0n) is 12.3. The van der Waals surface area contributed by atoms with Gasteiger partial charge in [0.05, 0.1) is 13.8 Å². The van der Waals surface area contributed by atoms with E-state index in [1.165, 1.54) is 14.9 Å². The van der Waals surface area contributed by atoms with Crippen molar-refractivity contribution in [3.63, 3.8) is 0 Å². The Morgan fingerprint density at radius 2 is 2.00 bits per heavy atom. The molecule has 3 heteroatoms. The number of aliphatic imine (C=N–C) groups is 1. The molecule has 1 aromatic heterocycles. The molecule has 0 saturated carbocycles. The second kappa shape index (κ2) is 5.80. The summed E-state index contributed by atoms with van der Waals surface area (Å²) in [6.45, 7) is 17.4. The lowest BCUT2D eigenvalue weighted by molar-refractivity contribution is 1.48. The van der Waals surface area contributed by atoms with Crippen molar-refractivity contribution in [2.75, 3.05) is 0 Å². The van der Waals surface area contributed by atoms with E-state index in [2.05, 4.69) is 44.2 Å². The van der Waals surface area contributed by atoms with Crippen LogP contribution >= 0.6 is 11.3 Å². The topological polar surface area (TPSA) is 12.4 Å². The molecule has 1 heterocycles. The fraction of sp³-hybridized carbons (Fsp3) is 0.400. The van der Waals surface area contributed by atoms with Gasteiger partial charge in [-0.2, -0.15) is 0 Å². The summed E-state index contributed by atoms with van der Waals surface area (Å²) >= 11 is 1.90. The van der Waals surface area contributed by atoms with Gasteiger partial charge in [0.15, 0.2) is 0 Å². The fourth-order valence-corrected chi connectivity index (χ4v) is 4.74. The predicted octanol–water partition coefficient (Wildman–Crippen LogP) is 4.61. The van der Waals surface area contributed by atoms with E-state index in [1.54, 1.807) is 0 Å². The maximum atomic E-state index is 4.55. The van der Waals surface area contributed by atoms with Crippen molar-refractivity contribution in [2.45, 2.75) is 40.4 Å². The molecule has 0 unspecified atom stereocenters. The summed E-state index contributed by atoms with van der Waals surface area (Å²) in [7, 11) is -1.23. The van der Waals surface area contributed by atoms with Gasteiger partial charge in [-0.05, 0) is 37.4 Å². The van der Waals surface area contributed by atoms with Crippen molar-refractivity contribution in [3.8, 4) is 0 Å². The first kappa shape index (κ1) is 15.1. The molecule has 0 amide bonds. The van der Waals surface area contributed by atoms with E-state index in [-0.39, 0.29) is 0 Å². The smallest absolute Gasteiger partial charge is 0.0904 e. The number of hydrogen-bond donors (Lipinski definition) is 0. The first-order valence-electron chi connectivity index (χ1n) is 6.24. The molecule has 0 fully saturated rings. The minimum atomic E-state index is -1.23. The van der Waals surface area contributed by atoms with E-state index in [4.69, 9.17) is 0 Å². The average Bonchev–Trinajstić information content (AvgIpc) is 2.60. The Hall–Kier alpha value is -0.933. The number of allylic oxidation sites excluding steroid dienone is 2. The second-order valence-corrected chi connectivity index (χ2v) is 12.2. The Morgan fingerprint density at radius 1 is 1.39 bits per heavy atom. The van der Waals surface area contributed by atoms with Crippen LogP contribution in [0.3, 0.4) is 0 Å². The van der Waals surface area contributed by atoms with Crippen LogP contribution < -0.4 is 4.50 Å². The van der Waals surface area contributed by atoms with Crippen LogP contribution in [0, 0.1) is 6.92 Å². The van der Waals surface area contributed by atoms with Crippen LogP contribution in [0.15, 0.2) is 29.8 Å². The lowest BCUT2D eigenvalue weighted by Crippen LogP contribution is -2.34. The Labute approximate surface area is 116 Å². The van der Waals surface area contributed by atoms with Gasteiger partial charge in [-0.25, -0.2) is 0 Å². The molecule has 0 aromatic carbocycles. The number of thiophene rings is 1. The van der Waals surface area contributed by atoms with Crippen LogP contribution in [0.2, 0.25) is 19.6 Å². The number of nitrogens with zero attached hydrogens (tertiary/aromatic N) is 1. The summed E-state index contributed by atoms with van der Waals surface area (Å²) < 4.78 is 1.52. The number of hydrogen-bond acceptors (Lipinski definition) is 2. The first-order chi connectivity index (χ1) is 8.25. The van der Waals surface area contributed by atoms with E-state index < -0.39 is 8.07 Å². The predicted molar refractivity (Wildman–Crippen MR) is 89.0 cm³/mol. The van der Waals surface area contributed by atoms with Crippen LogP contribution in [-0.2, 0) is 0 Å². The molecule has 1 nitrogen and oxygen atoms in total. The van der Waals surface area contributed by atoms with E-state index in [0.717, 1.165) is 11.4 Å². The molecule has 0 aliphatic rings. The Bertz CT molecular complexity index is 501. The van der Waals surface area contributed by atoms with Crippen LogP contribution in [0.25, 0.3) is 5.70 Å². The summed E-state index contributed by atoms with van der Waals surface area (Å²) in [6.07, 6.45) is 4.01. The van der Waals surface area contributed by atoms with Crippen LogP contribution in [-0.4, -0.2) is 13.8 Å². The van der Waals surface area contributed by atoms with Crippen LogP contribution in [0.1, 0.15) is 24.3 Å². The quantitative estimate of drug-likeness (QED) is 0.563. The first-order valence-corrected chi connectivity index (χ1v) is 10.6. The highest BCUT2D eigenvalue weighted by atomic mass is 32.1. The molecule has 0 aliphatic carbocycles. The van der Waals surface area contributed by atoms with Gasteiger partial charge in [0.1, 0.15) is 0 Å². The van der Waals surface area contributed by atoms with Crippen LogP contribution in [0.5, 0.6) is 0 Å². The number of rotatable bonds is 4. The highest BCUT2D eigenvalue weighted by Gasteiger charge is 2.21. The molecule has 18 heavy (non-hydrogen) atoms. The van der Waals surface area contributed by atoms with Crippen molar-refractivity contribution >= 4 is 35.3 Å². The minimum Gasteiger partial charge on any atom is -0.254 e. The average molecular weight is 278 g/mol. The fourth-order valence-electron chi connectivity index (χ4n) is 1.69. The van der Waals surface area contributed by atoms with Gasteiger partial charge in [-0.15, -0.1) is 11.3 Å². The lowest BCUT2D eigenvalue weighted by Gasteiger charge is -2.12. The Morgan fingerprint density at radius 3 is 2.44 bits per heavy atom. The summed E-state index contributed by atoms with van der Waals surface area (Å²) in [5, 5.41) is 0. The van der Waals surface area contributed by atoms with E-state index in [9.17, 15) is 0 Å². The molecule has 1 rings (SSSR count). The minimum absolute atomic E-state index is 0.879. The summed E-state index contributed by atoms with van der Waals surface area (Å²) in [5.74, 6) is 0. The van der Waals surface area contributed by atoms with Crippen molar-refractivity contribution in [3.05, 3.63) is 35.2 Å². The van der Waals surface area contributed by atoms with Gasteiger partial charge in [0.2, 0.25) is 0 Å². The van der Waals surface area contributed by atoms with Crippen molar-refractivity contribution in [2.24, 2.45) is 4.99 Å². The normalized spacial score (nSPS) is 13.3. The van der Waals surface area contributed by atoms with Gasteiger partial charge in [0.25, 0.3) is 0 Å². The van der Waals surface area contributed by atoms with Gasteiger partial charge in [0, 0.05) is 16.2 Å². The standard InChI is InChI=1S/C15H23NSSi/c1-8-9-11(2)16-12(3)14-10-15(17-13(14)4)18(5,6)7/h8-10H,3H2,1-2,4-7H3/b9-8-,16-11?. The molecule has 0 bridgehead atoms. The monoisotopic (exact) mass is 277 g/mol. The largest absolute Gasteiger partial charge is 0.254 e. The van der Waals surface area contributed by atoms with Gasteiger partial charge in [-0.3, -0.25) is 4.99 Å². The lowest BCUT2D eigenvalue weighted by atomic mass is 10.2. The molecule has 98 valence electrons. The van der Waals surface area contributed by atoms with Crippen molar-refractivity contribution in [1.82, 2.24) is 0 Å². The SMILES string of the molecule is C=C(N=C(C)/C=C\C)c1cc([Si](C)(C)C)sc1C. The third-order valence-corrected chi connectivity index (χ3v) is 7.32. The summed E-state index contributed by atoms with van der Waals surface area (Å²) in [5.41, 5.74) is 3.09. The zero-order chi connectivity index (χ0) is 13.9. The molecule has 0 atom stereocenters. The molecule has 0 N–H and O–H groups in total. The molecule has 0 saturated heterocycles. The molecule has 1 aromatic rings. The van der Waals surface area contributed by atoms with Gasteiger partial charge >= 0.3 is 0 Å². The maximum Gasteiger partial charge on any atom is 0.0904 e. The molecular weight excluding hydrogens is 254 g/mol. The Kier molecular flexibility index (Phi) is 4.88.